The van der Waals surface area contributed by atoms with Crippen LogP contribution in [0.2, 0.25) is 5.02 Å². The lowest BCUT2D eigenvalue weighted by Crippen LogP contribution is -2.41. The highest BCUT2D eigenvalue weighted by Crippen LogP contribution is 2.39. The highest BCUT2D eigenvalue weighted by molar-refractivity contribution is 6.31. The predicted molar refractivity (Wildman–Crippen MR) is 80.5 cm³/mol. The summed E-state index contributed by atoms with van der Waals surface area (Å²) in [5, 5.41) is 0.797. The first-order valence-electron chi connectivity index (χ1n) is 6.75. The first kappa shape index (κ1) is 12.7. The average Bonchev–Trinajstić information content (AvgIpc) is 2.42. The van der Waals surface area contributed by atoms with E-state index in [1.54, 1.807) is 0 Å². The molecule has 1 aliphatic rings. The molecule has 2 heteroatoms. The molecule has 1 aliphatic carbocycles. The molecule has 1 atom stereocenters. The first-order valence-corrected chi connectivity index (χ1v) is 7.13. The summed E-state index contributed by atoms with van der Waals surface area (Å²) in [6, 6.07) is 14.7. The lowest BCUT2D eigenvalue weighted by Gasteiger charge is -2.36. The van der Waals surface area contributed by atoms with Gasteiger partial charge in [0.1, 0.15) is 0 Å². The Hall–Kier alpha value is -1.31. The van der Waals surface area contributed by atoms with E-state index in [2.05, 4.69) is 36.4 Å². The van der Waals surface area contributed by atoms with Crippen LogP contribution >= 0.6 is 11.6 Å². The highest BCUT2D eigenvalue weighted by atomic mass is 35.5. The molecular formula is C17H18ClN. The van der Waals surface area contributed by atoms with Gasteiger partial charge in [-0.2, -0.15) is 0 Å². The van der Waals surface area contributed by atoms with E-state index in [0.717, 1.165) is 35.4 Å². The van der Waals surface area contributed by atoms with E-state index < -0.39 is 5.54 Å². The van der Waals surface area contributed by atoms with E-state index in [9.17, 15) is 0 Å². The van der Waals surface area contributed by atoms with Crippen molar-refractivity contribution in [3.8, 4) is 0 Å². The third-order valence-electron chi connectivity index (χ3n) is 4.20. The van der Waals surface area contributed by atoms with Crippen LogP contribution in [-0.2, 0) is 12.0 Å². The van der Waals surface area contributed by atoms with Gasteiger partial charge in [0, 0.05) is 5.02 Å². The smallest absolute Gasteiger partial charge is 0.0668 e. The Morgan fingerprint density at radius 2 is 1.95 bits per heavy atom. The third-order valence-corrected chi connectivity index (χ3v) is 4.61. The Morgan fingerprint density at radius 3 is 2.74 bits per heavy atom. The summed E-state index contributed by atoms with van der Waals surface area (Å²) in [6.07, 6.45) is 3.22. The van der Waals surface area contributed by atoms with Crippen LogP contribution in [0.25, 0.3) is 0 Å². The number of hydrogen-bond donors (Lipinski definition) is 1. The molecule has 0 saturated heterocycles. The number of rotatable bonds is 1. The molecule has 0 saturated carbocycles. The molecule has 0 spiro atoms. The normalized spacial score (nSPS) is 22.1. The highest BCUT2D eigenvalue weighted by Gasteiger charge is 2.34. The van der Waals surface area contributed by atoms with Crippen LogP contribution < -0.4 is 5.73 Å². The van der Waals surface area contributed by atoms with Crippen molar-refractivity contribution < 1.29 is 0 Å². The summed E-state index contributed by atoms with van der Waals surface area (Å²) in [6.45, 7) is 2.02. The molecule has 2 aromatic carbocycles. The summed E-state index contributed by atoms with van der Waals surface area (Å²) < 4.78 is 0. The van der Waals surface area contributed by atoms with Crippen molar-refractivity contribution >= 4 is 11.6 Å². The Balaban J connectivity index is 2.16. The zero-order valence-corrected chi connectivity index (χ0v) is 11.9. The van der Waals surface area contributed by atoms with Gasteiger partial charge in [-0.05, 0) is 54.5 Å². The summed E-state index contributed by atoms with van der Waals surface area (Å²) in [7, 11) is 0. The van der Waals surface area contributed by atoms with Crippen LogP contribution in [0, 0.1) is 6.92 Å². The molecule has 0 bridgehead atoms. The molecule has 19 heavy (non-hydrogen) atoms. The minimum Gasteiger partial charge on any atom is -0.318 e. The Labute approximate surface area is 119 Å². The maximum atomic E-state index is 6.75. The summed E-state index contributed by atoms with van der Waals surface area (Å²) in [5.74, 6) is 0. The lowest BCUT2D eigenvalue weighted by molar-refractivity contribution is 0.442. The molecule has 0 fully saturated rings. The fourth-order valence-electron chi connectivity index (χ4n) is 3.04. The summed E-state index contributed by atoms with van der Waals surface area (Å²) in [4.78, 5) is 0. The van der Waals surface area contributed by atoms with Gasteiger partial charge in [-0.1, -0.05) is 48.0 Å². The molecule has 3 rings (SSSR count). The Kier molecular flexibility index (Phi) is 3.12. The second-order valence-corrected chi connectivity index (χ2v) is 5.85. The zero-order chi connectivity index (χ0) is 13.5. The SMILES string of the molecule is Cc1ccc(C2(N)CCCc3ccccc32)cc1Cl. The zero-order valence-electron chi connectivity index (χ0n) is 11.1. The van der Waals surface area contributed by atoms with Gasteiger partial charge in [-0.15, -0.1) is 0 Å². The van der Waals surface area contributed by atoms with Crippen LogP contribution in [0.5, 0.6) is 0 Å². The van der Waals surface area contributed by atoms with Gasteiger partial charge in [0.25, 0.3) is 0 Å². The second-order valence-electron chi connectivity index (χ2n) is 5.45. The van der Waals surface area contributed by atoms with E-state index in [1.165, 1.54) is 11.1 Å². The summed E-state index contributed by atoms with van der Waals surface area (Å²) in [5.41, 5.74) is 11.2. The van der Waals surface area contributed by atoms with Gasteiger partial charge in [0.15, 0.2) is 0 Å². The summed E-state index contributed by atoms with van der Waals surface area (Å²) >= 11 is 6.27. The van der Waals surface area contributed by atoms with Gasteiger partial charge in [-0.25, -0.2) is 0 Å². The van der Waals surface area contributed by atoms with Crippen molar-refractivity contribution in [3.63, 3.8) is 0 Å². The van der Waals surface area contributed by atoms with Crippen LogP contribution in [0.1, 0.15) is 35.1 Å². The molecule has 2 aromatic rings. The lowest BCUT2D eigenvalue weighted by atomic mass is 9.73. The van der Waals surface area contributed by atoms with Crippen molar-refractivity contribution in [3.05, 3.63) is 69.7 Å². The molecule has 2 N–H and O–H groups in total. The Bertz CT molecular complexity index is 620. The average molecular weight is 272 g/mol. The molecule has 0 radical (unpaired) electrons. The fraction of sp³-hybridized carbons (Fsp3) is 0.294. The number of hydrogen-bond acceptors (Lipinski definition) is 1. The molecule has 0 heterocycles. The maximum Gasteiger partial charge on any atom is 0.0668 e. The van der Waals surface area contributed by atoms with E-state index in [-0.39, 0.29) is 0 Å². The van der Waals surface area contributed by atoms with Crippen molar-refractivity contribution in [2.45, 2.75) is 31.7 Å². The standard InChI is InChI=1S/C17H18ClN/c1-12-8-9-14(11-16(12)18)17(19)10-4-6-13-5-2-3-7-15(13)17/h2-3,5,7-9,11H,4,6,10,19H2,1H3. The van der Waals surface area contributed by atoms with Crippen LogP contribution in [0.3, 0.4) is 0 Å². The van der Waals surface area contributed by atoms with Gasteiger partial charge in [0.05, 0.1) is 5.54 Å². The molecule has 0 aliphatic heterocycles. The van der Waals surface area contributed by atoms with Crippen molar-refractivity contribution in [2.24, 2.45) is 5.73 Å². The number of halogens is 1. The van der Waals surface area contributed by atoms with Crippen molar-refractivity contribution in [2.75, 3.05) is 0 Å². The van der Waals surface area contributed by atoms with E-state index in [1.807, 2.05) is 13.0 Å². The fourth-order valence-corrected chi connectivity index (χ4v) is 3.22. The number of benzene rings is 2. The molecule has 0 aromatic heterocycles. The van der Waals surface area contributed by atoms with Crippen LogP contribution in [0.4, 0.5) is 0 Å². The molecule has 98 valence electrons. The van der Waals surface area contributed by atoms with Gasteiger partial charge >= 0.3 is 0 Å². The van der Waals surface area contributed by atoms with E-state index >= 15 is 0 Å². The van der Waals surface area contributed by atoms with Crippen molar-refractivity contribution in [1.29, 1.82) is 0 Å². The second kappa shape index (κ2) is 4.66. The Morgan fingerprint density at radius 1 is 1.16 bits per heavy atom. The monoisotopic (exact) mass is 271 g/mol. The maximum absolute atomic E-state index is 6.75. The molecule has 1 nitrogen and oxygen atoms in total. The van der Waals surface area contributed by atoms with Crippen molar-refractivity contribution in [1.82, 2.24) is 0 Å². The molecule has 0 amide bonds. The van der Waals surface area contributed by atoms with E-state index in [4.69, 9.17) is 17.3 Å². The number of nitrogens with two attached hydrogens (primary N) is 1. The van der Waals surface area contributed by atoms with Crippen LogP contribution in [-0.4, -0.2) is 0 Å². The molecule has 1 unspecified atom stereocenters. The topological polar surface area (TPSA) is 26.0 Å². The minimum absolute atomic E-state index is 0.397. The number of fused-ring (bicyclic) bond motifs is 1. The molecular weight excluding hydrogens is 254 g/mol. The first-order chi connectivity index (χ1) is 9.11. The van der Waals surface area contributed by atoms with Gasteiger partial charge < -0.3 is 5.73 Å². The van der Waals surface area contributed by atoms with Crippen LogP contribution in [0.15, 0.2) is 42.5 Å². The quantitative estimate of drug-likeness (QED) is 0.827. The largest absolute Gasteiger partial charge is 0.318 e. The third kappa shape index (κ3) is 2.07. The van der Waals surface area contributed by atoms with Gasteiger partial charge in [0.2, 0.25) is 0 Å². The predicted octanol–water partition coefficient (Wildman–Crippen LogP) is 4.19. The van der Waals surface area contributed by atoms with E-state index in [0.29, 0.717) is 0 Å². The van der Waals surface area contributed by atoms with Gasteiger partial charge in [-0.3, -0.25) is 0 Å². The minimum atomic E-state index is -0.397. The number of aryl methyl sites for hydroxylation is 2.